The molecule has 1 aliphatic heterocycles. The van der Waals surface area contributed by atoms with Gasteiger partial charge in [-0.15, -0.1) is 0 Å². The average Bonchev–Trinajstić information content (AvgIpc) is 3.05. The van der Waals surface area contributed by atoms with Crippen LogP contribution in [0.3, 0.4) is 0 Å². The molecule has 23 heavy (non-hydrogen) atoms. The maximum absolute atomic E-state index is 12.0. The normalized spacial score (nSPS) is 15.5. The number of imidazole rings is 1. The molecule has 0 bridgehead atoms. The Kier molecular flexibility index (Phi) is 5.05. The molecule has 0 N–H and O–H groups in total. The summed E-state index contributed by atoms with van der Waals surface area (Å²) in [6, 6.07) is 9.84. The predicted molar refractivity (Wildman–Crippen MR) is 86.3 cm³/mol. The Labute approximate surface area is 135 Å². The molecule has 3 rings (SSSR count). The Hall–Kier alpha value is -2.18. The molecule has 122 valence electrons. The largest absolute Gasteiger partial charge is 0.463 e. The van der Waals surface area contributed by atoms with Crippen molar-refractivity contribution >= 4 is 5.97 Å². The summed E-state index contributed by atoms with van der Waals surface area (Å²) in [5, 5.41) is 0. The molecule has 1 fully saturated rings. The molecular weight excluding hydrogens is 294 g/mol. The van der Waals surface area contributed by atoms with Crippen LogP contribution in [-0.4, -0.2) is 60.4 Å². The molecule has 0 unspecified atom stereocenters. The summed E-state index contributed by atoms with van der Waals surface area (Å²) < 4.78 is 12.1. The zero-order valence-corrected chi connectivity index (χ0v) is 13.3. The van der Waals surface area contributed by atoms with E-state index in [1.165, 1.54) is 7.11 Å². The van der Waals surface area contributed by atoms with Crippen molar-refractivity contribution in [2.24, 2.45) is 0 Å². The Morgan fingerprint density at radius 3 is 2.65 bits per heavy atom. The van der Waals surface area contributed by atoms with Gasteiger partial charge in [0.1, 0.15) is 0 Å². The number of benzene rings is 1. The van der Waals surface area contributed by atoms with Gasteiger partial charge in [0.15, 0.2) is 0 Å². The number of morpholine rings is 1. The van der Waals surface area contributed by atoms with Crippen LogP contribution in [0, 0.1) is 0 Å². The van der Waals surface area contributed by atoms with Gasteiger partial charge in [-0.25, -0.2) is 9.78 Å². The summed E-state index contributed by atoms with van der Waals surface area (Å²) in [5.74, 6) is -0.0613. The summed E-state index contributed by atoms with van der Waals surface area (Å²) in [4.78, 5) is 18.8. The number of esters is 1. The molecule has 0 spiro atoms. The predicted octanol–water partition coefficient (Wildman–Crippen LogP) is 1.67. The third-order valence-electron chi connectivity index (χ3n) is 3.97. The van der Waals surface area contributed by atoms with E-state index in [-0.39, 0.29) is 0 Å². The standard InChI is InChI=1S/C17H21N3O3/c1-22-17(21)16-18-15(14-5-3-2-4-6-14)13-20(16)8-7-19-9-11-23-12-10-19/h2-6,13H,7-12H2,1H3. The van der Waals surface area contributed by atoms with Gasteiger partial charge in [0.05, 0.1) is 26.0 Å². The number of rotatable bonds is 5. The number of nitrogens with zero attached hydrogens (tertiary/aromatic N) is 3. The van der Waals surface area contributed by atoms with Crippen molar-refractivity contribution in [3.63, 3.8) is 0 Å². The summed E-state index contributed by atoms with van der Waals surface area (Å²) in [5.41, 5.74) is 1.77. The smallest absolute Gasteiger partial charge is 0.374 e. The molecule has 1 saturated heterocycles. The molecule has 2 aromatic rings. The lowest BCUT2D eigenvalue weighted by Crippen LogP contribution is -2.38. The Bertz CT molecular complexity index is 648. The first-order chi connectivity index (χ1) is 11.3. The van der Waals surface area contributed by atoms with Crippen LogP contribution in [0.2, 0.25) is 0 Å². The molecular formula is C17H21N3O3. The van der Waals surface area contributed by atoms with Gasteiger partial charge in [-0.1, -0.05) is 30.3 Å². The first-order valence-corrected chi connectivity index (χ1v) is 7.79. The van der Waals surface area contributed by atoms with Crippen LogP contribution >= 0.6 is 0 Å². The van der Waals surface area contributed by atoms with Gasteiger partial charge in [-0.3, -0.25) is 4.90 Å². The van der Waals surface area contributed by atoms with E-state index < -0.39 is 5.97 Å². The van der Waals surface area contributed by atoms with Crippen molar-refractivity contribution in [1.29, 1.82) is 0 Å². The van der Waals surface area contributed by atoms with E-state index in [1.54, 1.807) is 0 Å². The fourth-order valence-electron chi connectivity index (χ4n) is 2.66. The van der Waals surface area contributed by atoms with Crippen LogP contribution in [0.4, 0.5) is 0 Å². The van der Waals surface area contributed by atoms with Crippen LogP contribution in [0.5, 0.6) is 0 Å². The summed E-state index contributed by atoms with van der Waals surface area (Å²) >= 11 is 0. The highest BCUT2D eigenvalue weighted by molar-refractivity contribution is 5.86. The molecule has 0 aliphatic carbocycles. The SMILES string of the molecule is COC(=O)c1nc(-c2ccccc2)cn1CCN1CCOCC1. The van der Waals surface area contributed by atoms with E-state index in [0.717, 1.165) is 44.1 Å². The number of carbonyl (C=O) groups is 1. The van der Waals surface area contributed by atoms with Crippen molar-refractivity contribution in [2.75, 3.05) is 40.0 Å². The molecule has 0 radical (unpaired) electrons. The zero-order valence-electron chi connectivity index (χ0n) is 13.3. The van der Waals surface area contributed by atoms with Crippen LogP contribution in [0.25, 0.3) is 11.3 Å². The first kappa shape index (κ1) is 15.7. The highest BCUT2D eigenvalue weighted by atomic mass is 16.5. The highest BCUT2D eigenvalue weighted by Crippen LogP contribution is 2.19. The van der Waals surface area contributed by atoms with Crippen molar-refractivity contribution in [3.05, 3.63) is 42.4 Å². The van der Waals surface area contributed by atoms with Gasteiger partial charge in [0, 0.05) is 37.9 Å². The second-order valence-corrected chi connectivity index (χ2v) is 5.45. The summed E-state index contributed by atoms with van der Waals surface area (Å²) in [6.07, 6.45) is 1.92. The van der Waals surface area contributed by atoms with Crippen LogP contribution in [0.1, 0.15) is 10.6 Å². The van der Waals surface area contributed by atoms with E-state index in [9.17, 15) is 4.79 Å². The first-order valence-electron chi connectivity index (χ1n) is 7.79. The maximum atomic E-state index is 12.0. The zero-order chi connectivity index (χ0) is 16.1. The number of hydrogen-bond acceptors (Lipinski definition) is 5. The van der Waals surface area contributed by atoms with E-state index in [4.69, 9.17) is 9.47 Å². The Morgan fingerprint density at radius 2 is 1.96 bits per heavy atom. The maximum Gasteiger partial charge on any atom is 0.374 e. The molecule has 1 aliphatic rings. The monoisotopic (exact) mass is 315 g/mol. The molecule has 6 heteroatoms. The topological polar surface area (TPSA) is 56.6 Å². The van der Waals surface area contributed by atoms with E-state index in [1.807, 2.05) is 41.1 Å². The molecule has 0 saturated carbocycles. The minimum atomic E-state index is -0.408. The number of ether oxygens (including phenoxy) is 2. The molecule has 1 aromatic carbocycles. The average molecular weight is 315 g/mol. The fourth-order valence-corrected chi connectivity index (χ4v) is 2.66. The minimum absolute atomic E-state index is 0.347. The quantitative estimate of drug-likeness (QED) is 0.786. The summed E-state index contributed by atoms with van der Waals surface area (Å²) in [6.45, 7) is 4.94. The third kappa shape index (κ3) is 3.78. The number of methoxy groups -OCH3 is 1. The number of aromatic nitrogens is 2. The number of hydrogen-bond donors (Lipinski definition) is 0. The fraction of sp³-hybridized carbons (Fsp3) is 0.412. The van der Waals surface area contributed by atoms with Crippen LogP contribution in [-0.2, 0) is 16.0 Å². The Morgan fingerprint density at radius 1 is 1.22 bits per heavy atom. The highest BCUT2D eigenvalue weighted by Gasteiger charge is 2.18. The van der Waals surface area contributed by atoms with Gasteiger partial charge >= 0.3 is 5.97 Å². The second-order valence-electron chi connectivity index (χ2n) is 5.45. The third-order valence-corrected chi connectivity index (χ3v) is 3.97. The minimum Gasteiger partial charge on any atom is -0.463 e. The van der Waals surface area contributed by atoms with Crippen molar-refractivity contribution < 1.29 is 14.3 Å². The van der Waals surface area contributed by atoms with Gasteiger partial charge in [0.2, 0.25) is 5.82 Å². The number of carbonyl (C=O) groups excluding carboxylic acids is 1. The lowest BCUT2D eigenvalue weighted by atomic mass is 10.2. The molecule has 6 nitrogen and oxygen atoms in total. The van der Waals surface area contributed by atoms with E-state index in [2.05, 4.69) is 9.88 Å². The van der Waals surface area contributed by atoms with Gasteiger partial charge < -0.3 is 14.0 Å². The van der Waals surface area contributed by atoms with Crippen molar-refractivity contribution in [1.82, 2.24) is 14.5 Å². The van der Waals surface area contributed by atoms with Gasteiger partial charge in [-0.2, -0.15) is 0 Å². The lowest BCUT2D eigenvalue weighted by molar-refractivity contribution is 0.0359. The van der Waals surface area contributed by atoms with Crippen molar-refractivity contribution in [2.45, 2.75) is 6.54 Å². The molecule has 0 amide bonds. The molecule has 2 heterocycles. The van der Waals surface area contributed by atoms with Gasteiger partial charge in [-0.05, 0) is 0 Å². The van der Waals surface area contributed by atoms with E-state index in [0.29, 0.717) is 12.4 Å². The lowest BCUT2D eigenvalue weighted by Gasteiger charge is -2.26. The molecule has 0 atom stereocenters. The van der Waals surface area contributed by atoms with E-state index >= 15 is 0 Å². The van der Waals surface area contributed by atoms with Crippen LogP contribution < -0.4 is 0 Å². The second kappa shape index (κ2) is 7.39. The molecule has 1 aromatic heterocycles. The van der Waals surface area contributed by atoms with Crippen molar-refractivity contribution in [3.8, 4) is 11.3 Å². The van der Waals surface area contributed by atoms with Crippen LogP contribution in [0.15, 0.2) is 36.5 Å². The summed E-state index contributed by atoms with van der Waals surface area (Å²) in [7, 11) is 1.38. The van der Waals surface area contributed by atoms with Gasteiger partial charge in [0.25, 0.3) is 0 Å². The Balaban J connectivity index is 1.79.